The fraction of sp³-hybridized carbons (Fsp3) is 0.222. The summed E-state index contributed by atoms with van der Waals surface area (Å²) >= 11 is -1.49. The van der Waals surface area contributed by atoms with Crippen LogP contribution in [0.5, 0.6) is 0 Å². The molecule has 0 amide bonds. The Labute approximate surface area is 102 Å². The summed E-state index contributed by atoms with van der Waals surface area (Å²) in [7, 11) is 0. The molecule has 1 aromatic carbocycles. The van der Waals surface area contributed by atoms with Gasteiger partial charge in [-0.05, 0) is 6.07 Å². The molecule has 0 aliphatic heterocycles. The lowest BCUT2D eigenvalue weighted by Gasteiger charge is -2.10. The van der Waals surface area contributed by atoms with Gasteiger partial charge >= 0.3 is 37.6 Å². The highest BCUT2D eigenvalue weighted by molar-refractivity contribution is 5.27. The number of rotatable bonds is 1. The average molecular weight is 366 g/mol. The molecular weight excluding hydrogens is 363 g/mol. The summed E-state index contributed by atoms with van der Waals surface area (Å²) in [5.41, 5.74) is -2.76. The lowest BCUT2D eigenvalue weighted by Crippen LogP contribution is -3.59. The molecule has 1 aromatic rings. The minimum atomic E-state index is -4.85. The Morgan fingerprint density at radius 3 is 1.59 bits per heavy atom. The zero-order valence-electron chi connectivity index (χ0n) is 7.83. The fourth-order valence-corrected chi connectivity index (χ4v) is 2.28. The third-order valence-electron chi connectivity index (χ3n) is 1.70. The second kappa shape index (κ2) is 4.72. The first-order valence-electron chi connectivity index (χ1n) is 3.97. The molecule has 0 bridgehead atoms. The van der Waals surface area contributed by atoms with E-state index in [0.29, 0.717) is 12.1 Å². The Kier molecular flexibility index (Phi) is 3.91. The molecule has 0 fully saturated rings. The van der Waals surface area contributed by atoms with E-state index in [0.717, 1.165) is 0 Å². The van der Waals surface area contributed by atoms with Gasteiger partial charge in [0.15, 0.2) is 0 Å². The van der Waals surface area contributed by atoms with E-state index in [2.05, 4.69) is 0 Å². The van der Waals surface area contributed by atoms with Gasteiger partial charge in [-0.15, -0.1) is 5.26 Å². The van der Waals surface area contributed by atoms with E-state index in [1.807, 2.05) is 0 Å². The van der Waals surface area contributed by atoms with Crippen molar-refractivity contribution in [2.24, 2.45) is 0 Å². The van der Waals surface area contributed by atoms with Gasteiger partial charge < -0.3 is 0 Å². The third-order valence-corrected chi connectivity index (χ3v) is 3.19. The molecule has 17 heavy (non-hydrogen) atoms. The first-order chi connectivity index (χ1) is 7.64. The van der Waals surface area contributed by atoms with Gasteiger partial charge in [0.2, 0.25) is 3.57 Å². The first-order valence-corrected chi connectivity index (χ1v) is 6.13. The molecule has 0 N–H and O–H groups in total. The molecule has 0 aliphatic carbocycles. The highest BCUT2D eigenvalue weighted by Crippen LogP contribution is 2.34. The molecule has 0 aromatic heterocycles. The van der Waals surface area contributed by atoms with Crippen molar-refractivity contribution >= 4 is 0 Å². The molecule has 0 unspecified atom stereocenters. The van der Waals surface area contributed by atoms with E-state index in [1.54, 1.807) is 4.08 Å². The Bertz CT molecular complexity index is 424. The van der Waals surface area contributed by atoms with Gasteiger partial charge in [0.05, 0.1) is 11.1 Å². The topological polar surface area (TPSA) is 23.8 Å². The molecule has 0 spiro atoms. The van der Waals surface area contributed by atoms with Crippen molar-refractivity contribution in [3.05, 3.63) is 32.9 Å². The van der Waals surface area contributed by atoms with Crippen molar-refractivity contribution in [2.75, 3.05) is 0 Å². The molecule has 0 radical (unpaired) electrons. The summed E-state index contributed by atoms with van der Waals surface area (Å²) in [6, 6.07) is 1.22. The van der Waals surface area contributed by atoms with Crippen LogP contribution in [0.4, 0.5) is 26.3 Å². The number of alkyl halides is 6. The summed E-state index contributed by atoms with van der Waals surface area (Å²) in [6.45, 7) is 0. The Balaban J connectivity index is 3.35. The van der Waals surface area contributed by atoms with Crippen molar-refractivity contribution in [1.29, 1.82) is 5.26 Å². The predicted molar refractivity (Wildman–Crippen MR) is 40.8 cm³/mol. The Hall–Kier alpha value is -0.980. The Morgan fingerprint density at radius 2 is 1.29 bits per heavy atom. The largest absolute Gasteiger partial charge is 0.449 e. The van der Waals surface area contributed by atoms with Crippen LogP contribution in [0.2, 0.25) is 0 Å². The third kappa shape index (κ3) is 3.76. The molecule has 0 aliphatic rings. The summed E-state index contributed by atoms with van der Waals surface area (Å²) in [5.74, 6) is 0. The smallest absolute Gasteiger partial charge is 0.166 e. The van der Waals surface area contributed by atoms with Crippen LogP contribution in [0.3, 0.4) is 0 Å². The van der Waals surface area contributed by atoms with Gasteiger partial charge in [0.1, 0.15) is 0 Å². The summed E-state index contributed by atoms with van der Waals surface area (Å²) in [5, 5.41) is 8.34. The molecule has 1 rings (SSSR count). The zero-order valence-corrected chi connectivity index (χ0v) is 9.98. The van der Waals surface area contributed by atoms with Crippen LogP contribution >= 0.6 is 0 Å². The van der Waals surface area contributed by atoms with E-state index in [9.17, 15) is 26.3 Å². The van der Waals surface area contributed by atoms with E-state index < -0.39 is 44.7 Å². The molecule has 0 heterocycles. The van der Waals surface area contributed by atoms with E-state index in [1.165, 1.54) is 0 Å². The predicted octanol–water partition coefficient (Wildman–Crippen LogP) is 0.464. The normalized spacial score (nSPS) is 12.3. The Morgan fingerprint density at radius 1 is 0.882 bits per heavy atom. The summed E-state index contributed by atoms with van der Waals surface area (Å²) in [6.07, 6.45) is -9.70. The zero-order chi connectivity index (χ0) is 13.3. The van der Waals surface area contributed by atoms with Crippen molar-refractivity contribution in [2.45, 2.75) is 12.4 Å². The van der Waals surface area contributed by atoms with E-state index >= 15 is 0 Å². The van der Waals surface area contributed by atoms with Crippen LogP contribution in [-0.4, -0.2) is 0 Å². The quantitative estimate of drug-likeness (QED) is 0.524. The monoisotopic (exact) mass is 366 g/mol. The van der Waals surface area contributed by atoms with Crippen molar-refractivity contribution in [3.8, 4) is 4.08 Å². The second-order valence-electron chi connectivity index (χ2n) is 2.90. The van der Waals surface area contributed by atoms with Gasteiger partial charge in [-0.3, -0.25) is 0 Å². The summed E-state index contributed by atoms with van der Waals surface area (Å²) < 4.78 is 75.4. The van der Waals surface area contributed by atoms with Crippen LogP contribution in [0.1, 0.15) is 11.1 Å². The lowest BCUT2D eigenvalue weighted by molar-refractivity contribution is -0.538. The van der Waals surface area contributed by atoms with Crippen LogP contribution in [0.15, 0.2) is 18.2 Å². The summed E-state index contributed by atoms with van der Waals surface area (Å²) in [4.78, 5) is 0. The fourth-order valence-electron chi connectivity index (χ4n) is 1.02. The number of halogens is 7. The number of benzene rings is 1. The molecular formula is C9H3F6IN+. The van der Waals surface area contributed by atoms with Crippen LogP contribution < -0.4 is 21.2 Å². The molecule has 0 atom stereocenters. The minimum Gasteiger partial charge on any atom is -0.166 e. The van der Waals surface area contributed by atoms with Crippen LogP contribution in [0, 0.1) is 12.9 Å². The minimum absolute atomic E-state index is 0.0462. The van der Waals surface area contributed by atoms with Crippen molar-refractivity contribution in [3.63, 3.8) is 0 Å². The molecule has 92 valence electrons. The second-order valence-corrected chi connectivity index (χ2v) is 5.17. The number of hydrogen-bond acceptors (Lipinski definition) is 1. The average Bonchev–Trinajstić information content (AvgIpc) is 2.15. The maximum absolute atomic E-state index is 12.3. The van der Waals surface area contributed by atoms with Crippen LogP contribution in [0.25, 0.3) is 0 Å². The van der Waals surface area contributed by atoms with Gasteiger partial charge in [-0.1, -0.05) is 0 Å². The molecule has 0 saturated heterocycles. The number of nitrogens with zero attached hydrogens (tertiary/aromatic N) is 1. The van der Waals surface area contributed by atoms with Gasteiger partial charge in [-0.25, -0.2) is 0 Å². The molecule has 0 saturated carbocycles. The number of hydrogen-bond donors (Lipinski definition) is 0. The van der Waals surface area contributed by atoms with E-state index in [4.69, 9.17) is 5.26 Å². The first kappa shape index (κ1) is 14.1. The van der Waals surface area contributed by atoms with Gasteiger partial charge in [0.25, 0.3) is 0 Å². The molecule has 1 nitrogen and oxygen atoms in total. The lowest BCUT2D eigenvalue weighted by atomic mass is 10.1. The standard InChI is InChI=1S/C9H3F6IN/c10-8(11,12)5-1-6(9(13,14)15)3-7(2-5)16-4-17/h1-3H/q+1. The maximum atomic E-state index is 12.3. The van der Waals surface area contributed by atoms with Gasteiger partial charge in [-0.2, -0.15) is 26.3 Å². The van der Waals surface area contributed by atoms with E-state index in [-0.39, 0.29) is 9.64 Å². The van der Waals surface area contributed by atoms with Gasteiger partial charge in [0, 0.05) is 12.1 Å². The van der Waals surface area contributed by atoms with Crippen molar-refractivity contribution in [1.82, 2.24) is 0 Å². The highest BCUT2D eigenvalue weighted by Gasteiger charge is 2.38. The molecule has 8 heteroatoms. The number of nitriles is 1. The SMILES string of the molecule is N#C[I+]c1cc(C(F)(F)F)cc(C(F)(F)F)c1. The van der Waals surface area contributed by atoms with Crippen molar-refractivity contribution < 1.29 is 47.5 Å². The maximum Gasteiger partial charge on any atom is 0.449 e. The highest BCUT2D eigenvalue weighted by atomic mass is 127. The van der Waals surface area contributed by atoms with Crippen LogP contribution in [-0.2, 0) is 12.4 Å².